The molecular weight excluding hydrogens is 256 g/mol. The van der Waals surface area contributed by atoms with E-state index in [4.69, 9.17) is 11.6 Å². The van der Waals surface area contributed by atoms with Crippen molar-refractivity contribution in [1.82, 2.24) is 10.2 Å². The lowest BCUT2D eigenvalue weighted by Gasteiger charge is -2.10. The van der Waals surface area contributed by atoms with Gasteiger partial charge in [-0.3, -0.25) is 10.1 Å². The fourth-order valence-electron chi connectivity index (χ4n) is 1.87. The van der Waals surface area contributed by atoms with Gasteiger partial charge in [-0.2, -0.15) is 0 Å². The molecule has 7 heteroatoms. The summed E-state index contributed by atoms with van der Waals surface area (Å²) in [6, 6.07) is 4.50. The van der Waals surface area contributed by atoms with Crippen LogP contribution < -0.4 is 0 Å². The van der Waals surface area contributed by atoms with Crippen molar-refractivity contribution < 1.29 is 9.50 Å². The zero-order valence-corrected chi connectivity index (χ0v) is 9.96. The van der Waals surface area contributed by atoms with Crippen LogP contribution in [0.4, 0.5) is 11.5 Å². The lowest BCUT2D eigenvalue weighted by Crippen LogP contribution is -2.21. The van der Waals surface area contributed by atoms with Crippen molar-refractivity contribution in [3.8, 4) is 0 Å². The Morgan fingerprint density at radius 1 is 1.33 bits per heavy atom. The summed E-state index contributed by atoms with van der Waals surface area (Å²) in [6.45, 7) is 0.841. The van der Waals surface area contributed by atoms with E-state index in [1.165, 1.54) is 12.1 Å². The highest BCUT2D eigenvalue weighted by atomic mass is 35.5. The summed E-state index contributed by atoms with van der Waals surface area (Å²) in [5.74, 6) is 0.615. The van der Waals surface area contributed by atoms with Gasteiger partial charge in [0.2, 0.25) is 0 Å². The summed E-state index contributed by atoms with van der Waals surface area (Å²) >= 11 is 5.95. The maximum atomic E-state index is 10.8. The molecular formula is C11H8ClN4O2+. The molecule has 1 aliphatic rings. The molecule has 0 amide bonds. The Kier molecular flexibility index (Phi) is 2.45. The van der Waals surface area contributed by atoms with Crippen LogP contribution in [0.15, 0.2) is 18.2 Å². The Hall–Kier alpha value is -2.08. The Morgan fingerprint density at radius 3 is 2.72 bits per heavy atom. The normalized spacial score (nSPS) is 14.2. The Balaban J connectivity index is 2.32. The van der Waals surface area contributed by atoms with Crippen molar-refractivity contribution in [3.05, 3.63) is 33.5 Å². The molecule has 0 radical (unpaired) electrons. The number of nitrogens with zero attached hydrogens (tertiary/aromatic N) is 4. The molecule has 0 aliphatic carbocycles. The van der Waals surface area contributed by atoms with Gasteiger partial charge in [0.25, 0.3) is 5.69 Å². The monoisotopic (exact) mass is 263 g/mol. The number of halogens is 1. The minimum Gasteiger partial charge on any atom is -0.258 e. The Labute approximate surface area is 107 Å². The molecule has 1 aromatic heterocycles. The van der Waals surface area contributed by atoms with E-state index in [9.17, 15) is 10.1 Å². The highest BCUT2D eigenvalue weighted by molar-refractivity contribution is 6.34. The number of fused-ring (bicyclic) bond motifs is 1. The van der Waals surface area contributed by atoms with Crippen molar-refractivity contribution in [1.29, 1.82) is 0 Å². The minimum absolute atomic E-state index is 0.0216. The van der Waals surface area contributed by atoms with E-state index in [-0.39, 0.29) is 10.8 Å². The van der Waals surface area contributed by atoms with E-state index in [1.54, 1.807) is 6.07 Å². The summed E-state index contributed by atoms with van der Waals surface area (Å²) < 4.78 is 1.91. The van der Waals surface area contributed by atoms with Crippen LogP contribution in [0.3, 0.4) is 0 Å². The lowest BCUT2D eigenvalue weighted by molar-refractivity contribution is -0.463. The molecule has 2 aromatic rings. The molecule has 1 aromatic carbocycles. The molecule has 0 saturated heterocycles. The third kappa shape index (κ3) is 1.62. The number of rotatable bonds is 2. The number of hydrogen-bond acceptors (Lipinski definition) is 4. The maximum Gasteiger partial charge on any atom is 0.358 e. The number of benzene rings is 1. The van der Waals surface area contributed by atoms with Crippen LogP contribution in [0.25, 0.3) is 10.8 Å². The second kappa shape index (κ2) is 3.99. The first kappa shape index (κ1) is 11.0. The third-order valence-corrected chi connectivity index (χ3v) is 3.18. The first-order valence-corrected chi connectivity index (χ1v) is 5.75. The van der Waals surface area contributed by atoms with E-state index < -0.39 is 4.92 Å². The van der Waals surface area contributed by atoms with E-state index >= 15 is 0 Å². The lowest BCUT2D eigenvalue weighted by atomic mass is 10.1. The number of non-ortho nitro benzene ring substituents is 1. The van der Waals surface area contributed by atoms with Gasteiger partial charge in [-0.25, -0.2) is 4.58 Å². The fraction of sp³-hybridized carbons (Fsp3) is 0.182. The molecule has 1 aliphatic heterocycles. The molecule has 0 fully saturated rings. The van der Waals surface area contributed by atoms with Crippen LogP contribution in [0.5, 0.6) is 0 Å². The van der Waals surface area contributed by atoms with Crippen LogP contribution in [-0.4, -0.2) is 32.5 Å². The fourth-order valence-corrected chi connectivity index (χ4v) is 2.08. The van der Waals surface area contributed by atoms with Gasteiger partial charge < -0.3 is 0 Å². The number of nitro benzene ring substituents is 1. The number of hydrogen-bond donors (Lipinski definition) is 0. The Morgan fingerprint density at radius 2 is 2.11 bits per heavy atom. The van der Waals surface area contributed by atoms with Crippen LogP contribution in [0.2, 0.25) is 5.15 Å². The van der Waals surface area contributed by atoms with E-state index in [0.29, 0.717) is 16.6 Å². The zero-order valence-electron chi connectivity index (χ0n) is 9.21. The third-order valence-electron chi connectivity index (χ3n) is 2.90. The predicted octanol–water partition coefficient (Wildman–Crippen LogP) is 2.31. The number of aromatic nitrogens is 2. The van der Waals surface area contributed by atoms with Gasteiger partial charge in [-0.05, 0) is 11.2 Å². The van der Waals surface area contributed by atoms with Crippen LogP contribution in [0.1, 0.15) is 6.42 Å². The zero-order chi connectivity index (χ0) is 12.7. The van der Waals surface area contributed by atoms with Crippen LogP contribution in [0, 0.1) is 10.1 Å². The summed E-state index contributed by atoms with van der Waals surface area (Å²) in [5, 5.41) is 20.3. The highest BCUT2D eigenvalue weighted by Gasteiger charge is 2.24. The van der Waals surface area contributed by atoms with Gasteiger partial charge in [0.05, 0.1) is 28.2 Å². The molecule has 3 rings (SSSR count). The predicted molar refractivity (Wildman–Crippen MR) is 66.7 cm³/mol. The molecule has 0 unspecified atom stereocenters. The molecule has 0 N–H and O–H groups in total. The van der Waals surface area contributed by atoms with Crippen molar-refractivity contribution in [3.63, 3.8) is 0 Å². The Bertz CT molecular complexity index is 699. The molecule has 2 heterocycles. The van der Waals surface area contributed by atoms with Crippen molar-refractivity contribution in [2.75, 3.05) is 6.54 Å². The van der Waals surface area contributed by atoms with E-state index in [0.717, 1.165) is 13.0 Å². The van der Waals surface area contributed by atoms with Crippen molar-refractivity contribution in [2.24, 2.45) is 0 Å². The van der Waals surface area contributed by atoms with Gasteiger partial charge in [0.15, 0.2) is 5.15 Å². The number of nitro groups is 1. The quantitative estimate of drug-likeness (QED) is 0.473. The molecule has 0 spiro atoms. The average Bonchev–Trinajstić information content (AvgIpc) is 2.30. The average molecular weight is 264 g/mol. The summed E-state index contributed by atoms with van der Waals surface area (Å²) in [4.78, 5) is 10.4. The molecule has 0 saturated carbocycles. The van der Waals surface area contributed by atoms with Gasteiger partial charge in [-0.15, -0.1) is 0 Å². The highest BCUT2D eigenvalue weighted by Crippen LogP contribution is 2.31. The van der Waals surface area contributed by atoms with E-state index in [1.807, 2.05) is 10.8 Å². The second-order valence-corrected chi connectivity index (χ2v) is 4.32. The summed E-state index contributed by atoms with van der Waals surface area (Å²) in [6.07, 6.45) is 2.94. The van der Waals surface area contributed by atoms with Gasteiger partial charge in [0.1, 0.15) is 0 Å². The van der Waals surface area contributed by atoms with E-state index in [2.05, 4.69) is 10.2 Å². The van der Waals surface area contributed by atoms with Crippen molar-refractivity contribution in [2.45, 2.75) is 6.42 Å². The topological polar surface area (TPSA) is 71.9 Å². The maximum absolute atomic E-state index is 10.8. The summed E-state index contributed by atoms with van der Waals surface area (Å²) in [7, 11) is 0. The first-order valence-electron chi connectivity index (χ1n) is 5.37. The largest absolute Gasteiger partial charge is 0.358 e. The molecule has 0 bridgehead atoms. The smallest absolute Gasteiger partial charge is 0.258 e. The first-order chi connectivity index (χ1) is 8.66. The molecule has 18 heavy (non-hydrogen) atoms. The van der Waals surface area contributed by atoms with Crippen LogP contribution >= 0.6 is 11.6 Å². The van der Waals surface area contributed by atoms with Crippen molar-refractivity contribution >= 4 is 40.1 Å². The molecule has 0 atom stereocenters. The molecule has 6 nitrogen and oxygen atoms in total. The van der Waals surface area contributed by atoms with Gasteiger partial charge in [-0.1, -0.05) is 11.6 Å². The van der Waals surface area contributed by atoms with Gasteiger partial charge >= 0.3 is 5.82 Å². The molecule has 90 valence electrons. The standard InChI is InChI=1S/C11H8ClN4O2/c12-10-8-3-2-7(16(17)18)6-9(8)11(14-13-10)15-4-1-5-15/h2-4,6H,1,5H2/q+1. The van der Waals surface area contributed by atoms with Gasteiger partial charge in [0, 0.05) is 23.9 Å². The van der Waals surface area contributed by atoms with Crippen LogP contribution in [-0.2, 0) is 0 Å². The SMILES string of the molecule is O=[N+]([O-])c1ccc2c(Cl)nnc([N+]3=CCC3)c2c1. The second-order valence-electron chi connectivity index (χ2n) is 3.97. The minimum atomic E-state index is -0.433. The summed E-state index contributed by atoms with van der Waals surface area (Å²) in [5.41, 5.74) is 0.0216.